The van der Waals surface area contributed by atoms with Crippen molar-refractivity contribution in [1.82, 2.24) is 5.32 Å². The third-order valence-electron chi connectivity index (χ3n) is 3.15. The van der Waals surface area contributed by atoms with Crippen molar-refractivity contribution in [2.75, 3.05) is 20.3 Å². The fourth-order valence-corrected chi connectivity index (χ4v) is 1.89. The Hall–Kier alpha value is -1.06. The number of hydrogen-bond acceptors (Lipinski definition) is 3. The Bertz CT molecular complexity index is 337. The van der Waals surface area contributed by atoms with Gasteiger partial charge in [0.1, 0.15) is 5.75 Å². The number of benzene rings is 1. The van der Waals surface area contributed by atoms with Crippen molar-refractivity contribution in [3.05, 3.63) is 29.8 Å². The molecule has 0 amide bonds. The van der Waals surface area contributed by atoms with Gasteiger partial charge in [0.2, 0.25) is 0 Å². The first-order valence-electron chi connectivity index (χ1n) is 7.16. The minimum atomic E-state index is 0.182. The van der Waals surface area contributed by atoms with E-state index >= 15 is 0 Å². The molecule has 1 aromatic rings. The van der Waals surface area contributed by atoms with Gasteiger partial charge in [-0.2, -0.15) is 0 Å². The second-order valence-corrected chi connectivity index (χ2v) is 4.95. The summed E-state index contributed by atoms with van der Waals surface area (Å²) < 4.78 is 10.9. The maximum atomic E-state index is 5.83. The number of methoxy groups -OCH3 is 1. The van der Waals surface area contributed by atoms with Gasteiger partial charge in [-0.15, -0.1) is 0 Å². The van der Waals surface area contributed by atoms with Crippen molar-refractivity contribution in [2.24, 2.45) is 0 Å². The van der Waals surface area contributed by atoms with Gasteiger partial charge in [-0.1, -0.05) is 19.1 Å². The highest BCUT2D eigenvalue weighted by atomic mass is 16.5. The minimum absolute atomic E-state index is 0.182. The fourth-order valence-electron chi connectivity index (χ4n) is 1.89. The molecule has 2 atom stereocenters. The van der Waals surface area contributed by atoms with Crippen molar-refractivity contribution in [3.8, 4) is 5.75 Å². The number of ether oxygens (including phenoxy) is 2. The molecule has 0 aliphatic carbocycles. The molecule has 0 saturated heterocycles. The predicted molar refractivity (Wildman–Crippen MR) is 79.7 cm³/mol. The molecule has 0 saturated carbocycles. The number of rotatable bonds is 9. The zero-order valence-corrected chi connectivity index (χ0v) is 12.6. The molecule has 0 aromatic heterocycles. The van der Waals surface area contributed by atoms with Crippen molar-refractivity contribution < 1.29 is 9.47 Å². The standard InChI is InChI=1S/C16H27NO2/c1-5-11-17-14(3)15-6-8-16(9-7-15)19-13(2)10-12-18-4/h6-9,13-14,17H,5,10-12H2,1-4H3. The molecule has 0 spiro atoms. The highest BCUT2D eigenvalue weighted by molar-refractivity contribution is 5.29. The van der Waals surface area contributed by atoms with Crippen LogP contribution in [-0.4, -0.2) is 26.4 Å². The van der Waals surface area contributed by atoms with Crippen LogP contribution in [0.2, 0.25) is 0 Å². The molecule has 0 heterocycles. The van der Waals surface area contributed by atoms with E-state index in [4.69, 9.17) is 9.47 Å². The maximum absolute atomic E-state index is 5.83. The van der Waals surface area contributed by atoms with Gasteiger partial charge in [-0.05, 0) is 44.5 Å². The van der Waals surface area contributed by atoms with Gasteiger partial charge in [0.05, 0.1) is 6.10 Å². The molecule has 0 fully saturated rings. The van der Waals surface area contributed by atoms with Crippen LogP contribution in [0.1, 0.15) is 45.2 Å². The van der Waals surface area contributed by atoms with Gasteiger partial charge >= 0.3 is 0 Å². The zero-order chi connectivity index (χ0) is 14.1. The fraction of sp³-hybridized carbons (Fsp3) is 0.625. The average Bonchev–Trinajstić information content (AvgIpc) is 2.43. The van der Waals surface area contributed by atoms with Crippen LogP contribution in [0.15, 0.2) is 24.3 Å². The Morgan fingerprint density at radius 1 is 1.16 bits per heavy atom. The molecule has 0 bridgehead atoms. The van der Waals surface area contributed by atoms with E-state index in [0.717, 1.165) is 31.7 Å². The van der Waals surface area contributed by atoms with E-state index in [9.17, 15) is 0 Å². The second kappa shape index (κ2) is 8.94. The highest BCUT2D eigenvalue weighted by Crippen LogP contribution is 2.19. The quantitative estimate of drug-likeness (QED) is 0.740. The lowest BCUT2D eigenvalue weighted by Gasteiger charge is -2.16. The van der Waals surface area contributed by atoms with Crippen LogP contribution >= 0.6 is 0 Å². The monoisotopic (exact) mass is 265 g/mol. The summed E-state index contributed by atoms with van der Waals surface area (Å²) in [6.07, 6.45) is 2.25. The van der Waals surface area contributed by atoms with Crippen LogP contribution in [0.4, 0.5) is 0 Å². The van der Waals surface area contributed by atoms with Crippen molar-refractivity contribution in [2.45, 2.75) is 45.8 Å². The largest absolute Gasteiger partial charge is 0.491 e. The van der Waals surface area contributed by atoms with Crippen molar-refractivity contribution in [3.63, 3.8) is 0 Å². The van der Waals surface area contributed by atoms with E-state index in [0.29, 0.717) is 6.04 Å². The zero-order valence-electron chi connectivity index (χ0n) is 12.6. The Labute approximate surface area is 117 Å². The first-order valence-corrected chi connectivity index (χ1v) is 7.16. The van der Waals surface area contributed by atoms with Gasteiger partial charge < -0.3 is 14.8 Å². The molecular weight excluding hydrogens is 238 g/mol. The van der Waals surface area contributed by atoms with Gasteiger partial charge in [-0.25, -0.2) is 0 Å². The van der Waals surface area contributed by atoms with Crippen LogP contribution in [0.25, 0.3) is 0 Å². The Kier molecular flexibility index (Phi) is 7.53. The van der Waals surface area contributed by atoms with Gasteiger partial charge in [0.25, 0.3) is 0 Å². The molecule has 0 radical (unpaired) electrons. The summed E-state index contributed by atoms with van der Waals surface area (Å²) in [6.45, 7) is 8.22. The van der Waals surface area contributed by atoms with E-state index in [2.05, 4.69) is 38.2 Å². The normalized spacial score (nSPS) is 14.1. The molecule has 0 aliphatic heterocycles. The first kappa shape index (κ1) is 16.0. The van der Waals surface area contributed by atoms with E-state index in [1.165, 1.54) is 5.56 Å². The van der Waals surface area contributed by atoms with Crippen LogP contribution < -0.4 is 10.1 Å². The molecule has 3 heteroatoms. The van der Waals surface area contributed by atoms with Crippen LogP contribution in [0, 0.1) is 0 Å². The third kappa shape index (κ3) is 6.08. The van der Waals surface area contributed by atoms with Gasteiger partial charge in [0, 0.05) is 26.2 Å². The topological polar surface area (TPSA) is 30.5 Å². The smallest absolute Gasteiger partial charge is 0.119 e. The first-order chi connectivity index (χ1) is 9.17. The molecule has 2 unspecified atom stereocenters. The van der Waals surface area contributed by atoms with Crippen LogP contribution in [-0.2, 0) is 4.74 Å². The molecule has 1 N–H and O–H groups in total. The summed E-state index contributed by atoms with van der Waals surface area (Å²) in [4.78, 5) is 0. The maximum Gasteiger partial charge on any atom is 0.119 e. The lowest BCUT2D eigenvalue weighted by atomic mass is 10.1. The summed E-state index contributed by atoms with van der Waals surface area (Å²) >= 11 is 0. The van der Waals surface area contributed by atoms with E-state index in [-0.39, 0.29) is 6.10 Å². The van der Waals surface area contributed by atoms with E-state index in [1.54, 1.807) is 7.11 Å². The molecular formula is C16H27NO2. The second-order valence-electron chi connectivity index (χ2n) is 4.95. The Morgan fingerprint density at radius 2 is 1.84 bits per heavy atom. The van der Waals surface area contributed by atoms with Gasteiger partial charge in [-0.3, -0.25) is 0 Å². The molecule has 19 heavy (non-hydrogen) atoms. The Balaban J connectivity index is 2.46. The summed E-state index contributed by atoms with van der Waals surface area (Å²) in [5.74, 6) is 0.926. The third-order valence-corrected chi connectivity index (χ3v) is 3.15. The lowest BCUT2D eigenvalue weighted by molar-refractivity contribution is 0.135. The van der Waals surface area contributed by atoms with Gasteiger partial charge in [0.15, 0.2) is 0 Å². The van der Waals surface area contributed by atoms with Crippen LogP contribution in [0.3, 0.4) is 0 Å². The number of hydrogen-bond donors (Lipinski definition) is 1. The molecule has 1 aromatic carbocycles. The Morgan fingerprint density at radius 3 is 2.42 bits per heavy atom. The van der Waals surface area contributed by atoms with E-state index < -0.39 is 0 Å². The molecule has 3 nitrogen and oxygen atoms in total. The molecule has 108 valence electrons. The summed E-state index contributed by atoms with van der Waals surface area (Å²) in [5.41, 5.74) is 1.30. The summed E-state index contributed by atoms with van der Waals surface area (Å²) in [6, 6.07) is 8.74. The summed E-state index contributed by atoms with van der Waals surface area (Å²) in [7, 11) is 1.71. The highest BCUT2D eigenvalue weighted by Gasteiger charge is 2.06. The lowest BCUT2D eigenvalue weighted by Crippen LogP contribution is -2.19. The predicted octanol–water partition coefficient (Wildman–Crippen LogP) is 3.55. The molecule has 0 aliphatic rings. The molecule has 1 rings (SSSR count). The SMILES string of the molecule is CCCNC(C)c1ccc(OC(C)CCOC)cc1. The van der Waals surface area contributed by atoms with Crippen LogP contribution in [0.5, 0.6) is 5.75 Å². The summed E-state index contributed by atoms with van der Waals surface area (Å²) in [5, 5.41) is 3.48. The number of nitrogens with one attached hydrogen (secondary N) is 1. The van der Waals surface area contributed by atoms with Crippen molar-refractivity contribution in [1.29, 1.82) is 0 Å². The minimum Gasteiger partial charge on any atom is -0.491 e. The van der Waals surface area contributed by atoms with Crippen molar-refractivity contribution >= 4 is 0 Å². The average molecular weight is 265 g/mol. The van der Waals surface area contributed by atoms with E-state index in [1.807, 2.05) is 12.1 Å².